The van der Waals surface area contributed by atoms with Crippen LogP contribution in [0.5, 0.6) is 0 Å². The number of rotatable bonds is 8. The minimum absolute atomic E-state index is 0.0481. The van der Waals surface area contributed by atoms with Gasteiger partial charge in [0, 0.05) is 30.2 Å². The fraction of sp³-hybridized carbons (Fsp3) is 0.158. The zero-order valence-corrected chi connectivity index (χ0v) is 14.3. The SMILES string of the molecule is C=C(NC=CC(N)=NC(CNC)c1ccccc1)c1cccnc1N. The molecule has 0 spiro atoms. The highest BCUT2D eigenvalue weighted by Gasteiger charge is 2.08. The molecule has 2 rings (SSSR count). The lowest BCUT2D eigenvalue weighted by atomic mass is 10.1. The summed E-state index contributed by atoms with van der Waals surface area (Å²) in [6.07, 6.45) is 5.02. The van der Waals surface area contributed by atoms with Crippen molar-refractivity contribution >= 4 is 17.4 Å². The first-order valence-electron chi connectivity index (χ1n) is 7.97. The van der Waals surface area contributed by atoms with Crippen molar-refractivity contribution in [2.45, 2.75) is 6.04 Å². The zero-order valence-electron chi connectivity index (χ0n) is 14.3. The number of nitrogens with two attached hydrogens (primary N) is 2. The largest absolute Gasteiger partial charge is 0.384 e. The molecule has 1 unspecified atom stereocenters. The molecule has 1 heterocycles. The Kier molecular flexibility index (Phi) is 6.74. The summed E-state index contributed by atoms with van der Waals surface area (Å²) in [5, 5.41) is 6.18. The van der Waals surface area contributed by atoms with Crippen molar-refractivity contribution in [1.82, 2.24) is 15.6 Å². The quantitative estimate of drug-likeness (QED) is 0.437. The Morgan fingerprint density at radius 1 is 1.28 bits per heavy atom. The lowest BCUT2D eigenvalue weighted by Gasteiger charge is -2.13. The van der Waals surface area contributed by atoms with E-state index >= 15 is 0 Å². The van der Waals surface area contributed by atoms with E-state index in [1.807, 2.05) is 43.4 Å². The topological polar surface area (TPSA) is 101 Å². The van der Waals surface area contributed by atoms with Crippen LogP contribution in [0.15, 0.2) is 72.5 Å². The highest BCUT2D eigenvalue weighted by Crippen LogP contribution is 2.16. The fourth-order valence-electron chi connectivity index (χ4n) is 2.31. The first-order valence-corrected chi connectivity index (χ1v) is 7.97. The van der Waals surface area contributed by atoms with Crippen molar-refractivity contribution in [3.8, 4) is 0 Å². The average molecular weight is 336 g/mol. The van der Waals surface area contributed by atoms with Gasteiger partial charge in [-0.05, 0) is 30.8 Å². The van der Waals surface area contributed by atoms with E-state index in [1.54, 1.807) is 24.5 Å². The van der Waals surface area contributed by atoms with Crippen molar-refractivity contribution in [2.75, 3.05) is 19.3 Å². The minimum Gasteiger partial charge on any atom is -0.384 e. The third-order valence-electron chi connectivity index (χ3n) is 3.56. The van der Waals surface area contributed by atoms with Gasteiger partial charge in [0.05, 0.1) is 6.04 Å². The molecular formula is C19H24N6. The Morgan fingerprint density at radius 2 is 2.04 bits per heavy atom. The zero-order chi connectivity index (χ0) is 18.1. The van der Waals surface area contributed by atoms with Gasteiger partial charge in [0.15, 0.2) is 0 Å². The van der Waals surface area contributed by atoms with Crippen LogP contribution in [0.4, 0.5) is 5.82 Å². The maximum Gasteiger partial charge on any atom is 0.132 e. The van der Waals surface area contributed by atoms with Crippen LogP contribution < -0.4 is 22.1 Å². The third kappa shape index (κ3) is 5.47. The van der Waals surface area contributed by atoms with E-state index < -0.39 is 0 Å². The van der Waals surface area contributed by atoms with Gasteiger partial charge >= 0.3 is 0 Å². The molecule has 0 aliphatic carbocycles. The summed E-state index contributed by atoms with van der Waals surface area (Å²) in [6.45, 7) is 4.65. The monoisotopic (exact) mass is 336 g/mol. The molecule has 2 aromatic rings. The second-order valence-corrected chi connectivity index (χ2v) is 5.43. The van der Waals surface area contributed by atoms with E-state index in [4.69, 9.17) is 11.5 Å². The van der Waals surface area contributed by atoms with Gasteiger partial charge in [0.1, 0.15) is 11.7 Å². The fourth-order valence-corrected chi connectivity index (χ4v) is 2.31. The number of hydrogen-bond acceptors (Lipinski definition) is 5. The van der Waals surface area contributed by atoms with E-state index in [0.717, 1.165) is 11.1 Å². The highest BCUT2D eigenvalue weighted by molar-refractivity contribution is 5.91. The molecule has 0 bridgehead atoms. The van der Waals surface area contributed by atoms with Crippen LogP contribution in [0, 0.1) is 0 Å². The maximum atomic E-state index is 6.03. The van der Waals surface area contributed by atoms with Crippen LogP contribution >= 0.6 is 0 Å². The second-order valence-electron chi connectivity index (χ2n) is 5.43. The second kappa shape index (κ2) is 9.24. The van der Waals surface area contributed by atoms with Crippen molar-refractivity contribution < 1.29 is 0 Å². The summed E-state index contributed by atoms with van der Waals surface area (Å²) < 4.78 is 0. The lowest BCUT2D eigenvalue weighted by Crippen LogP contribution is -2.19. The first-order chi connectivity index (χ1) is 12.1. The van der Waals surface area contributed by atoms with Gasteiger partial charge < -0.3 is 22.1 Å². The van der Waals surface area contributed by atoms with Gasteiger partial charge in [-0.25, -0.2) is 4.98 Å². The number of nitrogens with zero attached hydrogens (tertiary/aromatic N) is 2. The standard InChI is InChI=1S/C19H24N6/c1-14(16-9-6-11-24-19(16)21)23-12-10-18(20)25-17(13-22-2)15-7-4-3-5-8-15/h3-12,17,22-23H,1,13H2,2H3,(H2,20,25)(H2,21,24). The number of hydrogen-bond donors (Lipinski definition) is 4. The maximum absolute atomic E-state index is 6.03. The highest BCUT2D eigenvalue weighted by atomic mass is 14.9. The number of likely N-dealkylation sites (N-methyl/N-ethyl adjacent to an activating group) is 1. The van der Waals surface area contributed by atoms with Crippen LogP contribution in [0.2, 0.25) is 0 Å². The molecule has 0 fully saturated rings. The molecule has 0 aliphatic rings. The number of aliphatic imine (C=N–C) groups is 1. The number of anilines is 1. The molecular weight excluding hydrogens is 312 g/mol. The molecule has 1 aromatic heterocycles. The molecule has 0 aliphatic heterocycles. The van der Waals surface area contributed by atoms with Crippen molar-refractivity contribution in [2.24, 2.45) is 10.7 Å². The normalized spacial score (nSPS) is 12.9. The minimum atomic E-state index is -0.0481. The van der Waals surface area contributed by atoms with Crippen LogP contribution in [0.25, 0.3) is 5.70 Å². The molecule has 0 amide bonds. The van der Waals surface area contributed by atoms with Gasteiger partial charge in [-0.3, -0.25) is 4.99 Å². The van der Waals surface area contributed by atoms with Crippen molar-refractivity contribution in [3.05, 3.63) is 78.6 Å². The molecule has 6 N–H and O–H groups in total. The smallest absolute Gasteiger partial charge is 0.132 e. The van der Waals surface area contributed by atoms with E-state index in [-0.39, 0.29) is 6.04 Å². The average Bonchev–Trinajstić information content (AvgIpc) is 2.62. The summed E-state index contributed by atoms with van der Waals surface area (Å²) >= 11 is 0. The Morgan fingerprint density at radius 3 is 2.72 bits per heavy atom. The van der Waals surface area contributed by atoms with E-state index in [0.29, 0.717) is 23.9 Å². The number of aromatic nitrogens is 1. The Balaban J connectivity index is 2.02. The number of pyridine rings is 1. The number of benzene rings is 1. The van der Waals surface area contributed by atoms with Crippen molar-refractivity contribution in [1.29, 1.82) is 0 Å². The molecule has 0 radical (unpaired) electrons. The van der Waals surface area contributed by atoms with Crippen LogP contribution in [-0.2, 0) is 0 Å². The van der Waals surface area contributed by atoms with Gasteiger partial charge in [0.2, 0.25) is 0 Å². The van der Waals surface area contributed by atoms with Gasteiger partial charge in [0.25, 0.3) is 0 Å². The number of nitrogen functional groups attached to an aromatic ring is 1. The predicted octanol–water partition coefficient (Wildman–Crippen LogP) is 2.06. The summed E-state index contributed by atoms with van der Waals surface area (Å²) in [5.41, 5.74) is 14.3. The first kappa shape index (κ1) is 18.2. The van der Waals surface area contributed by atoms with Gasteiger partial charge in [-0.2, -0.15) is 0 Å². The molecule has 6 heteroatoms. The third-order valence-corrected chi connectivity index (χ3v) is 3.56. The molecule has 1 aromatic carbocycles. The van der Waals surface area contributed by atoms with Crippen LogP contribution in [0.3, 0.4) is 0 Å². The summed E-state index contributed by atoms with van der Waals surface area (Å²) in [6, 6.07) is 13.6. The van der Waals surface area contributed by atoms with E-state index in [2.05, 4.69) is 27.2 Å². The van der Waals surface area contributed by atoms with Crippen molar-refractivity contribution in [3.63, 3.8) is 0 Å². The summed E-state index contributed by atoms with van der Waals surface area (Å²) in [4.78, 5) is 8.60. The van der Waals surface area contributed by atoms with Gasteiger partial charge in [-0.15, -0.1) is 0 Å². The van der Waals surface area contributed by atoms with E-state index in [9.17, 15) is 0 Å². The Bertz CT molecular complexity index is 752. The summed E-state index contributed by atoms with van der Waals surface area (Å²) in [7, 11) is 1.89. The molecule has 6 nitrogen and oxygen atoms in total. The van der Waals surface area contributed by atoms with Crippen LogP contribution in [0.1, 0.15) is 17.2 Å². The molecule has 0 saturated carbocycles. The molecule has 0 saturated heterocycles. The predicted molar refractivity (Wildman–Crippen MR) is 105 cm³/mol. The molecule has 25 heavy (non-hydrogen) atoms. The molecule has 1 atom stereocenters. The number of nitrogens with one attached hydrogen (secondary N) is 2. The van der Waals surface area contributed by atoms with Gasteiger partial charge in [-0.1, -0.05) is 36.9 Å². The summed E-state index contributed by atoms with van der Waals surface area (Å²) in [5.74, 6) is 0.844. The Labute approximate surface area is 148 Å². The number of amidine groups is 1. The van der Waals surface area contributed by atoms with Crippen LogP contribution in [-0.4, -0.2) is 24.4 Å². The lowest BCUT2D eigenvalue weighted by molar-refractivity contribution is 0.655. The molecule has 130 valence electrons. The Hall–Kier alpha value is -3.12. The van der Waals surface area contributed by atoms with E-state index in [1.165, 1.54) is 0 Å².